The van der Waals surface area contributed by atoms with Gasteiger partial charge in [-0.3, -0.25) is 11.2 Å². The van der Waals surface area contributed by atoms with Crippen LogP contribution in [0.2, 0.25) is 0 Å². The summed E-state index contributed by atoms with van der Waals surface area (Å²) >= 11 is 1.48. The van der Waals surface area contributed by atoms with Crippen LogP contribution in [0.4, 0.5) is 9.93 Å². The van der Waals surface area contributed by atoms with Gasteiger partial charge in [0.25, 0.3) is 0 Å². The van der Waals surface area contributed by atoms with E-state index in [1.165, 1.54) is 11.3 Å². The first-order valence-corrected chi connectivity index (χ1v) is 5.47. The van der Waals surface area contributed by atoms with Crippen molar-refractivity contribution in [2.24, 2.45) is 5.84 Å². The van der Waals surface area contributed by atoms with Crippen LogP contribution in [0.5, 0.6) is 0 Å². The minimum Gasteiger partial charge on any atom is -0.341 e. The molecule has 0 saturated heterocycles. The second kappa shape index (κ2) is 4.13. The summed E-state index contributed by atoms with van der Waals surface area (Å²) in [5.41, 5.74) is 1.05. The van der Waals surface area contributed by atoms with Crippen molar-refractivity contribution in [2.45, 2.75) is 13.0 Å². The average molecular weight is 227 g/mol. The van der Waals surface area contributed by atoms with Crippen LogP contribution in [0.3, 0.4) is 0 Å². The summed E-state index contributed by atoms with van der Waals surface area (Å²) in [5.74, 6) is 5.70. The Balaban J connectivity index is 2.12. The van der Waals surface area contributed by atoms with Gasteiger partial charge >= 0.3 is 6.03 Å². The summed E-state index contributed by atoms with van der Waals surface area (Å²) in [6.45, 7) is 1.53. The minimum atomic E-state index is -0.245. The molecule has 0 atom stereocenters. The molecule has 0 fully saturated rings. The van der Waals surface area contributed by atoms with E-state index in [9.17, 15) is 4.79 Å². The smallest absolute Gasteiger partial charge is 0.320 e. The third-order valence-electron chi connectivity index (χ3n) is 2.21. The fraction of sp³-hybridized carbons (Fsp3) is 0.500. The van der Waals surface area contributed by atoms with E-state index < -0.39 is 0 Å². The number of hydrazine groups is 1. The molecule has 1 aliphatic heterocycles. The number of carbonyl (C=O) groups excluding carboxylic acids is 1. The molecule has 1 aliphatic rings. The second-order valence-electron chi connectivity index (χ2n) is 3.31. The van der Waals surface area contributed by atoms with Crippen molar-refractivity contribution in [3.8, 4) is 0 Å². The van der Waals surface area contributed by atoms with Gasteiger partial charge in [-0.25, -0.2) is 14.8 Å². The van der Waals surface area contributed by atoms with Crippen LogP contribution >= 0.6 is 11.3 Å². The topological polar surface area (TPSA) is 83.3 Å². The molecule has 2 heterocycles. The monoisotopic (exact) mass is 227 g/mol. The molecule has 2 amide bonds. The summed E-state index contributed by atoms with van der Waals surface area (Å²) in [6, 6.07) is -0.245. The van der Waals surface area contributed by atoms with E-state index in [0.29, 0.717) is 11.7 Å². The van der Waals surface area contributed by atoms with Crippen molar-refractivity contribution in [1.82, 2.24) is 15.3 Å². The molecule has 0 spiro atoms. The van der Waals surface area contributed by atoms with Crippen molar-refractivity contribution in [2.75, 3.05) is 18.9 Å². The number of nitrogens with two attached hydrogens (primary N) is 1. The zero-order valence-corrected chi connectivity index (χ0v) is 9.23. The van der Waals surface area contributed by atoms with Crippen LogP contribution in [0.25, 0.3) is 0 Å². The summed E-state index contributed by atoms with van der Waals surface area (Å²) in [6.07, 6.45) is 0.845. The number of nitrogens with zero attached hydrogens (tertiary/aromatic N) is 2. The molecular formula is C8H13N5OS. The van der Waals surface area contributed by atoms with Gasteiger partial charge in [0.05, 0.1) is 5.69 Å². The molecular weight excluding hydrogens is 214 g/mol. The lowest BCUT2D eigenvalue weighted by Crippen LogP contribution is -2.35. The van der Waals surface area contributed by atoms with Crippen LogP contribution in [0.15, 0.2) is 0 Å². The molecule has 0 unspecified atom stereocenters. The summed E-state index contributed by atoms with van der Waals surface area (Å²) in [4.78, 5) is 16.5. The predicted octanol–water partition coefficient (Wildman–Crippen LogP) is 0.126. The summed E-state index contributed by atoms with van der Waals surface area (Å²) in [5, 5.41) is 7.53. The number of fused-ring (bicyclic) bond motifs is 1. The van der Waals surface area contributed by atoms with Crippen molar-refractivity contribution in [1.29, 1.82) is 0 Å². The number of amides is 2. The van der Waals surface area contributed by atoms with Crippen molar-refractivity contribution in [3.05, 3.63) is 10.6 Å². The zero-order chi connectivity index (χ0) is 10.8. The molecule has 0 aromatic carbocycles. The lowest BCUT2D eigenvalue weighted by molar-refractivity contribution is 0.254. The van der Waals surface area contributed by atoms with E-state index in [2.05, 4.69) is 15.6 Å². The summed E-state index contributed by atoms with van der Waals surface area (Å²) < 4.78 is 0. The molecule has 1 aromatic rings. The van der Waals surface area contributed by atoms with E-state index in [1.54, 1.807) is 12.1 Å². The first-order chi connectivity index (χ1) is 7.19. The number of anilines is 1. The van der Waals surface area contributed by atoms with Crippen LogP contribution in [0, 0.1) is 0 Å². The van der Waals surface area contributed by atoms with Gasteiger partial charge in [0, 0.05) is 31.4 Å². The van der Waals surface area contributed by atoms with E-state index in [-0.39, 0.29) is 6.03 Å². The molecule has 0 radical (unpaired) electrons. The Hall–Kier alpha value is -1.18. The molecule has 0 aliphatic carbocycles. The Kier molecular flexibility index (Phi) is 2.85. The predicted molar refractivity (Wildman–Crippen MR) is 58.5 cm³/mol. The first kappa shape index (κ1) is 10.3. The van der Waals surface area contributed by atoms with Crippen molar-refractivity contribution in [3.63, 3.8) is 0 Å². The summed E-state index contributed by atoms with van der Waals surface area (Å²) in [7, 11) is 1.57. The average Bonchev–Trinajstić information content (AvgIpc) is 2.59. The largest absolute Gasteiger partial charge is 0.341 e. The lowest BCUT2D eigenvalue weighted by Gasteiger charge is -2.19. The highest BCUT2D eigenvalue weighted by Gasteiger charge is 2.19. The Morgan fingerprint density at radius 1 is 1.67 bits per heavy atom. The number of hydrogen-bond donors (Lipinski definition) is 3. The minimum absolute atomic E-state index is 0.245. The fourth-order valence-corrected chi connectivity index (χ4v) is 2.46. The third-order valence-corrected chi connectivity index (χ3v) is 3.21. The zero-order valence-electron chi connectivity index (χ0n) is 8.41. The quantitative estimate of drug-likeness (QED) is 0.595. The van der Waals surface area contributed by atoms with Crippen LogP contribution in [-0.2, 0) is 13.0 Å². The number of nitrogens with one attached hydrogen (secondary N) is 2. The SMILES string of the molecule is CNC(=O)Nc1nc2c(s1)CN(N)CC2. The molecule has 0 saturated carbocycles. The maximum atomic E-state index is 11.1. The van der Waals surface area contributed by atoms with Gasteiger partial charge in [0.15, 0.2) is 5.13 Å². The molecule has 6 nitrogen and oxygen atoms in total. The van der Waals surface area contributed by atoms with Crippen molar-refractivity contribution < 1.29 is 4.79 Å². The van der Waals surface area contributed by atoms with E-state index in [4.69, 9.17) is 5.84 Å². The lowest BCUT2D eigenvalue weighted by atomic mass is 10.2. The van der Waals surface area contributed by atoms with Gasteiger partial charge in [0.2, 0.25) is 0 Å². The fourth-order valence-electron chi connectivity index (χ4n) is 1.43. The van der Waals surface area contributed by atoms with E-state index >= 15 is 0 Å². The number of urea groups is 1. The van der Waals surface area contributed by atoms with Gasteiger partial charge in [-0.1, -0.05) is 11.3 Å². The Morgan fingerprint density at radius 2 is 2.47 bits per heavy atom. The molecule has 1 aromatic heterocycles. The van der Waals surface area contributed by atoms with Crippen LogP contribution < -0.4 is 16.5 Å². The Labute approximate surface area is 91.4 Å². The second-order valence-corrected chi connectivity index (χ2v) is 4.40. The van der Waals surface area contributed by atoms with Gasteiger partial charge in [0.1, 0.15) is 0 Å². The molecule has 7 heteroatoms. The van der Waals surface area contributed by atoms with Crippen molar-refractivity contribution >= 4 is 22.5 Å². The van der Waals surface area contributed by atoms with Crippen LogP contribution in [0.1, 0.15) is 10.6 Å². The van der Waals surface area contributed by atoms with Gasteiger partial charge in [-0.2, -0.15) is 0 Å². The highest BCUT2D eigenvalue weighted by molar-refractivity contribution is 7.15. The van der Waals surface area contributed by atoms with Gasteiger partial charge in [-0.05, 0) is 0 Å². The number of aromatic nitrogens is 1. The highest BCUT2D eigenvalue weighted by atomic mass is 32.1. The maximum absolute atomic E-state index is 11.1. The third kappa shape index (κ3) is 2.25. The number of rotatable bonds is 1. The highest BCUT2D eigenvalue weighted by Crippen LogP contribution is 2.26. The molecule has 2 rings (SSSR count). The van der Waals surface area contributed by atoms with Crippen LogP contribution in [-0.4, -0.2) is 29.6 Å². The molecule has 0 bridgehead atoms. The Bertz CT molecular complexity index is 377. The van der Waals surface area contributed by atoms with Gasteiger partial charge < -0.3 is 5.32 Å². The standard InChI is InChI=1S/C8H13N5OS/c1-10-7(14)12-8-11-5-2-3-13(9)4-6(5)15-8/h2-4,9H2,1H3,(H2,10,11,12,14). The van der Waals surface area contributed by atoms with Gasteiger partial charge in [-0.15, -0.1) is 0 Å². The Morgan fingerprint density at radius 3 is 3.20 bits per heavy atom. The number of hydrogen-bond acceptors (Lipinski definition) is 5. The van der Waals surface area contributed by atoms with E-state index in [0.717, 1.165) is 23.5 Å². The number of thiazole rings is 1. The normalized spacial score (nSPS) is 15.9. The molecule has 4 N–H and O–H groups in total. The molecule has 82 valence electrons. The van der Waals surface area contributed by atoms with E-state index in [1.807, 2.05) is 0 Å². The number of carbonyl (C=O) groups is 1. The molecule has 15 heavy (non-hydrogen) atoms. The maximum Gasteiger partial charge on any atom is 0.320 e. The first-order valence-electron chi connectivity index (χ1n) is 4.66.